The Labute approximate surface area is 247 Å². The largest absolute Gasteiger partial charge is 0.497 e. The van der Waals surface area contributed by atoms with E-state index in [4.69, 9.17) is 49.3 Å². The monoisotopic (exact) mass is 587 g/mol. The van der Waals surface area contributed by atoms with E-state index >= 15 is 0 Å². The second kappa shape index (κ2) is 11.2. The summed E-state index contributed by atoms with van der Waals surface area (Å²) in [5.74, 6) is 3.58. The minimum Gasteiger partial charge on any atom is -0.497 e. The van der Waals surface area contributed by atoms with Gasteiger partial charge in [-0.05, 0) is 103 Å². The molecular formula is C31H23Cl2N3O3S. The van der Waals surface area contributed by atoms with Gasteiger partial charge in [-0.1, -0.05) is 29.3 Å². The SMILES string of the molecule is COc1ccc(Oc2ccc(N3C(=S)NC(c4ccccn4)C3c3ccc(-c4ccc(Cl)c(Cl)c4)o3)cc2)cc1. The number of anilines is 1. The number of thiocarbonyl (C=S) groups is 1. The average Bonchev–Trinajstić information content (AvgIpc) is 3.60. The third-order valence-corrected chi connectivity index (χ3v) is 7.68. The molecule has 0 aliphatic carbocycles. The second-order valence-electron chi connectivity index (χ2n) is 9.10. The highest BCUT2D eigenvalue weighted by atomic mass is 35.5. The van der Waals surface area contributed by atoms with Crippen molar-refractivity contribution >= 4 is 46.2 Å². The van der Waals surface area contributed by atoms with E-state index in [0.29, 0.717) is 32.4 Å². The Morgan fingerprint density at radius 3 is 2.25 bits per heavy atom. The normalized spacial score (nSPS) is 16.6. The second-order valence-corrected chi connectivity index (χ2v) is 10.3. The number of aromatic nitrogens is 1. The minimum absolute atomic E-state index is 0.239. The predicted molar refractivity (Wildman–Crippen MR) is 162 cm³/mol. The molecule has 5 aromatic rings. The molecule has 40 heavy (non-hydrogen) atoms. The molecule has 1 fully saturated rings. The quantitative estimate of drug-likeness (QED) is 0.191. The molecule has 3 aromatic carbocycles. The van der Waals surface area contributed by atoms with Gasteiger partial charge in [0.25, 0.3) is 0 Å². The third kappa shape index (κ3) is 5.23. The van der Waals surface area contributed by atoms with Crippen molar-refractivity contribution in [1.29, 1.82) is 0 Å². The zero-order valence-electron chi connectivity index (χ0n) is 21.3. The molecule has 3 heterocycles. The van der Waals surface area contributed by atoms with Gasteiger partial charge in [0.1, 0.15) is 34.8 Å². The van der Waals surface area contributed by atoms with Crippen LogP contribution in [0.5, 0.6) is 17.2 Å². The number of pyridine rings is 1. The summed E-state index contributed by atoms with van der Waals surface area (Å²) < 4.78 is 17.7. The lowest BCUT2D eigenvalue weighted by molar-refractivity contribution is 0.413. The Bertz CT molecular complexity index is 1640. The molecular weight excluding hydrogens is 565 g/mol. The summed E-state index contributed by atoms with van der Waals surface area (Å²) in [6.45, 7) is 0. The highest BCUT2D eigenvalue weighted by molar-refractivity contribution is 7.80. The summed E-state index contributed by atoms with van der Waals surface area (Å²) in [7, 11) is 1.63. The number of rotatable bonds is 7. The molecule has 2 unspecified atom stereocenters. The number of furan rings is 1. The Balaban J connectivity index is 1.33. The van der Waals surface area contributed by atoms with Gasteiger partial charge in [0.15, 0.2) is 5.11 Å². The van der Waals surface area contributed by atoms with Crippen LogP contribution in [-0.4, -0.2) is 17.2 Å². The maximum atomic E-state index is 6.42. The van der Waals surface area contributed by atoms with E-state index in [9.17, 15) is 0 Å². The molecule has 1 aliphatic rings. The molecule has 6 rings (SSSR count). The van der Waals surface area contributed by atoms with E-state index in [2.05, 4.69) is 10.3 Å². The first kappa shape index (κ1) is 26.2. The van der Waals surface area contributed by atoms with Gasteiger partial charge in [0, 0.05) is 17.4 Å². The van der Waals surface area contributed by atoms with Crippen molar-refractivity contribution in [2.45, 2.75) is 12.1 Å². The minimum atomic E-state index is -0.299. The smallest absolute Gasteiger partial charge is 0.174 e. The Kier molecular flexibility index (Phi) is 7.34. The standard InChI is InChI=1S/C31H23Cl2N3O3S/c1-37-21-10-12-23(13-11-21)38-22-8-6-20(7-9-22)36-30(29(35-31(36)40)26-4-2-3-17-34-26)28-16-15-27(39-28)19-5-14-24(32)25(33)18-19/h2-18,29-30H,1H3,(H,35,40). The Morgan fingerprint density at radius 2 is 1.57 bits per heavy atom. The van der Waals surface area contributed by atoms with Crippen molar-refractivity contribution in [3.63, 3.8) is 0 Å². The lowest BCUT2D eigenvalue weighted by Crippen LogP contribution is -2.29. The van der Waals surface area contributed by atoms with Crippen molar-refractivity contribution in [3.8, 4) is 28.6 Å². The number of benzene rings is 3. The average molecular weight is 589 g/mol. The van der Waals surface area contributed by atoms with Gasteiger partial charge in [-0.15, -0.1) is 0 Å². The summed E-state index contributed by atoms with van der Waals surface area (Å²) in [5.41, 5.74) is 2.56. The molecule has 200 valence electrons. The van der Waals surface area contributed by atoms with Gasteiger partial charge in [0.05, 0.1) is 28.9 Å². The van der Waals surface area contributed by atoms with E-state index in [-0.39, 0.29) is 12.1 Å². The van der Waals surface area contributed by atoms with E-state index < -0.39 is 0 Å². The molecule has 0 radical (unpaired) electrons. The summed E-state index contributed by atoms with van der Waals surface area (Å²) in [6, 6.07) is 29.8. The molecule has 9 heteroatoms. The summed E-state index contributed by atoms with van der Waals surface area (Å²) in [4.78, 5) is 6.65. The van der Waals surface area contributed by atoms with E-state index in [1.807, 2.05) is 89.8 Å². The van der Waals surface area contributed by atoms with Crippen LogP contribution in [0.25, 0.3) is 11.3 Å². The zero-order valence-corrected chi connectivity index (χ0v) is 23.6. The fourth-order valence-electron chi connectivity index (χ4n) is 4.69. The van der Waals surface area contributed by atoms with E-state index in [1.165, 1.54) is 0 Å². The van der Waals surface area contributed by atoms with Gasteiger partial charge in [-0.2, -0.15) is 0 Å². The van der Waals surface area contributed by atoms with Gasteiger partial charge in [0.2, 0.25) is 0 Å². The summed E-state index contributed by atoms with van der Waals surface area (Å²) >= 11 is 18.2. The first-order valence-electron chi connectivity index (χ1n) is 12.5. The topological polar surface area (TPSA) is 59.8 Å². The molecule has 0 bridgehead atoms. The molecule has 1 saturated heterocycles. The molecule has 1 aliphatic heterocycles. The van der Waals surface area contributed by atoms with Gasteiger partial charge < -0.3 is 24.1 Å². The Hall–Kier alpha value is -4.04. The predicted octanol–water partition coefficient (Wildman–Crippen LogP) is 8.63. The van der Waals surface area contributed by atoms with Crippen LogP contribution in [0.4, 0.5) is 5.69 Å². The number of hydrogen-bond donors (Lipinski definition) is 1. The number of methoxy groups -OCH3 is 1. The zero-order chi connectivity index (χ0) is 27.6. The van der Waals surface area contributed by atoms with Crippen LogP contribution in [0.15, 0.2) is 108 Å². The lowest BCUT2D eigenvalue weighted by atomic mass is 10.0. The maximum absolute atomic E-state index is 6.42. The van der Waals surface area contributed by atoms with Crippen LogP contribution in [0.2, 0.25) is 10.0 Å². The highest BCUT2D eigenvalue weighted by Gasteiger charge is 2.42. The van der Waals surface area contributed by atoms with Crippen LogP contribution in [0.1, 0.15) is 23.5 Å². The number of nitrogens with one attached hydrogen (secondary N) is 1. The van der Waals surface area contributed by atoms with Crippen LogP contribution >= 0.6 is 35.4 Å². The van der Waals surface area contributed by atoms with Crippen molar-refractivity contribution in [2.75, 3.05) is 12.0 Å². The fraction of sp³-hybridized carbons (Fsp3) is 0.0968. The van der Waals surface area contributed by atoms with Crippen LogP contribution < -0.4 is 19.7 Å². The summed E-state index contributed by atoms with van der Waals surface area (Å²) in [6.07, 6.45) is 1.77. The van der Waals surface area contributed by atoms with Crippen molar-refractivity contribution in [1.82, 2.24) is 10.3 Å². The van der Waals surface area contributed by atoms with Gasteiger partial charge in [-0.25, -0.2) is 0 Å². The molecule has 2 atom stereocenters. The van der Waals surface area contributed by atoms with Crippen molar-refractivity contribution in [3.05, 3.63) is 125 Å². The first-order valence-corrected chi connectivity index (χ1v) is 13.6. The Morgan fingerprint density at radius 1 is 0.850 bits per heavy atom. The van der Waals surface area contributed by atoms with Crippen LogP contribution in [-0.2, 0) is 0 Å². The third-order valence-electron chi connectivity index (χ3n) is 6.63. The molecule has 0 amide bonds. The highest BCUT2D eigenvalue weighted by Crippen LogP contribution is 2.43. The van der Waals surface area contributed by atoms with Crippen molar-refractivity contribution < 1.29 is 13.9 Å². The lowest BCUT2D eigenvalue weighted by Gasteiger charge is -2.26. The summed E-state index contributed by atoms with van der Waals surface area (Å²) in [5, 5.41) is 4.97. The fourth-order valence-corrected chi connectivity index (χ4v) is 5.34. The number of nitrogens with zero attached hydrogens (tertiary/aromatic N) is 2. The first-order chi connectivity index (χ1) is 19.5. The number of halogens is 2. The molecule has 0 spiro atoms. The van der Waals surface area contributed by atoms with E-state index in [0.717, 1.165) is 28.5 Å². The van der Waals surface area contributed by atoms with Crippen LogP contribution in [0.3, 0.4) is 0 Å². The van der Waals surface area contributed by atoms with E-state index in [1.54, 1.807) is 25.4 Å². The molecule has 6 nitrogen and oxygen atoms in total. The van der Waals surface area contributed by atoms with Crippen molar-refractivity contribution in [2.24, 2.45) is 0 Å². The van der Waals surface area contributed by atoms with Crippen LogP contribution in [0, 0.1) is 0 Å². The number of hydrogen-bond acceptors (Lipinski definition) is 5. The number of ether oxygens (including phenoxy) is 2. The molecule has 0 saturated carbocycles. The molecule has 2 aromatic heterocycles. The molecule has 1 N–H and O–H groups in total. The maximum Gasteiger partial charge on any atom is 0.174 e. The van der Waals surface area contributed by atoms with Gasteiger partial charge >= 0.3 is 0 Å². The van der Waals surface area contributed by atoms with Gasteiger partial charge in [-0.3, -0.25) is 4.98 Å².